The molecule has 92 valence electrons. The van der Waals surface area contributed by atoms with Crippen molar-refractivity contribution in [3.8, 4) is 0 Å². The lowest BCUT2D eigenvalue weighted by molar-refractivity contribution is 0.359. The molecule has 0 saturated heterocycles. The average molecular weight is 255 g/mol. The second kappa shape index (κ2) is 5.38. The van der Waals surface area contributed by atoms with E-state index in [-0.39, 0.29) is 0 Å². The number of H-pyrrole nitrogens is 1. The van der Waals surface area contributed by atoms with E-state index in [1.165, 1.54) is 5.56 Å². The van der Waals surface area contributed by atoms with Crippen molar-refractivity contribution in [1.29, 1.82) is 0 Å². The maximum Gasteiger partial charge on any atom is 0.417 e. The normalized spacial score (nSPS) is 11.5. The molecule has 0 radical (unpaired) electrons. The molecule has 0 amide bonds. The van der Waals surface area contributed by atoms with Gasteiger partial charge in [0, 0.05) is 19.0 Å². The highest BCUT2D eigenvalue weighted by Gasteiger charge is 2.03. The van der Waals surface area contributed by atoms with Gasteiger partial charge in [0.15, 0.2) is 5.58 Å². The van der Waals surface area contributed by atoms with Crippen molar-refractivity contribution in [1.82, 2.24) is 9.88 Å². The van der Waals surface area contributed by atoms with Gasteiger partial charge in [-0.15, -0.1) is 11.6 Å². The van der Waals surface area contributed by atoms with Crippen molar-refractivity contribution in [3.63, 3.8) is 0 Å². The lowest BCUT2D eigenvalue weighted by Crippen LogP contribution is -2.23. The largest absolute Gasteiger partial charge is 0.417 e. The molecule has 0 fully saturated rings. The molecule has 2 aromatic rings. The van der Waals surface area contributed by atoms with E-state index in [2.05, 4.69) is 9.88 Å². The first-order valence-corrected chi connectivity index (χ1v) is 6.09. The summed E-state index contributed by atoms with van der Waals surface area (Å²) in [5, 5.41) is 0. The van der Waals surface area contributed by atoms with Gasteiger partial charge in [0.25, 0.3) is 0 Å². The summed E-state index contributed by atoms with van der Waals surface area (Å²) >= 11 is 5.67. The molecule has 0 saturated carbocycles. The molecule has 0 spiro atoms. The van der Waals surface area contributed by atoms with Crippen LogP contribution >= 0.6 is 11.6 Å². The summed E-state index contributed by atoms with van der Waals surface area (Å²) in [7, 11) is 2.04. The summed E-state index contributed by atoms with van der Waals surface area (Å²) in [6.45, 7) is 1.83. The van der Waals surface area contributed by atoms with Crippen molar-refractivity contribution in [2.45, 2.75) is 6.42 Å². The molecule has 2 rings (SSSR count). The van der Waals surface area contributed by atoms with Crippen LogP contribution in [0.1, 0.15) is 5.56 Å². The van der Waals surface area contributed by atoms with Crippen LogP contribution in [0.5, 0.6) is 0 Å². The van der Waals surface area contributed by atoms with Gasteiger partial charge in [-0.1, -0.05) is 6.07 Å². The highest BCUT2D eigenvalue weighted by molar-refractivity contribution is 6.18. The molecular formula is C12H15ClN2O2. The number of oxazole rings is 1. The van der Waals surface area contributed by atoms with Gasteiger partial charge in [0.1, 0.15) is 0 Å². The second-order valence-corrected chi connectivity index (χ2v) is 4.47. The monoisotopic (exact) mass is 254 g/mol. The summed E-state index contributed by atoms with van der Waals surface area (Å²) in [5.41, 5.74) is 2.54. The Bertz CT molecular complexity index is 547. The van der Waals surface area contributed by atoms with Crippen LogP contribution < -0.4 is 5.76 Å². The fourth-order valence-electron chi connectivity index (χ4n) is 1.73. The van der Waals surface area contributed by atoms with E-state index in [9.17, 15) is 4.79 Å². The van der Waals surface area contributed by atoms with Crippen molar-refractivity contribution < 1.29 is 4.42 Å². The van der Waals surface area contributed by atoms with Gasteiger partial charge in [-0.05, 0) is 31.2 Å². The van der Waals surface area contributed by atoms with Crippen LogP contribution in [0.4, 0.5) is 0 Å². The van der Waals surface area contributed by atoms with Gasteiger partial charge in [-0.2, -0.15) is 0 Å². The minimum Gasteiger partial charge on any atom is -0.408 e. The van der Waals surface area contributed by atoms with E-state index in [4.69, 9.17) is 16.0 Å². The number of halogens is 1. The Morgan fingerprint density at radius 1 is 1.41 bits per heavy atom. The number of likely N-dealkylation sites (N-methyl/N-ethyl adjacent to an activating group) is 1. The standard InChI is InChI=1S/C12H15ClN2O2/c1-15(7-5-13)6-4-9-2-3-11-10(8-9)14-12(16)17-11/h2-3,8H,4-7H2,1H3,(H,14,16). The van der Waals surface area contributed by atoms with Crippen LogP contribution in [-0.2, 0) is 6.42 Å². The first kappa shape index (κ1) is 12.2. The Balaban J connectivity index is 2.06. The van der Waals surface area contributed by atoms with Gasteiger partial charge in [0.05, 0.1) is 5.52 Å². The molecular weight excluding hydrogens is 240 g/mol. The predicted molar refractivity (Wildman–Crippen MR) is 68.8 cm³/mol. The second-order valence-electron chi connectivity index (χ2n) is 4.09. The first-order chi connectivity index (χ1) is 8.19. The highest BCUT2D eigenvalue weighted by Crippen LogP contribution is 2.12. The first-order valence-electron chi connectivity index (χ1n) is 5.55. The summed E-state index contributed by atoms with van der Waals surface area (Å²) in [4.78, 5) is 15.8. The van der Waals surface area contributed by atoms with Crippen LogP contribution in [0.25, 0.3) is 11.1 Å². The number of nitrogens with zero attached hydrogens (tertiary/aromatic N) is 1. The maximum atomic E-state index is 11.0. The lowest BCUT2D eigenvalue weighted by Gasteiger charge is -2.14. The number of hydrogen-bond acceptors (Lipinski definition) is 3. The van der Waals surface area contributed by atoms with Crippen LogP contribution in [0.2, 0.25) is 0 Å². The quantitative estimate of drug-likeness (QED) is 0.829. The van der Waals surface area contributed by atoms with E-state index in [0.717, 1.165) is 25.0 Å². The van der Waals surface area contributed by atoms with Crippen LogP contribution in [0.3, 0.4) is 0 Å². The van der Waals surface area contributed by atoms with E-state index >= 15 is 0 Å². The SMILES string of the molecule is CN(CCCl)CCc1ccc2oc(=O)[nH]c2c1. The van der Waals surface area contributed by atoms with Gasteiger partial charge < -0.3 is 9.32 Å². The maximum absolute atomic E-state index is 11.0. The number of aromatic nitrogens is 1. The average Bonchev–Trinajstić information content (AvgIpc) is 2.66. The highest BCUT2D eigenvalue weighted by atomic mass is 35.5. The molecule has 1 heterocycles. The zero-order chi connectivity index (χ0) is 12.3. The zero-order valence-electron chi connectivity index (χ0n) is 9.70. The van der Waals surface area contributed by atoms with Crippen LogP contribution in [0, 0.1) is 0 Å². The van der Waals surface area contributed by atoms with E-state index in [1.54, 1.807) is 0 Å². The molecule has 0 atom stereocenters. The topological polar surface area (TPSA) is 49.2 Å². The number of rotatable bonds is 5. The smallest absolute Gasteiger partial charge is 0.408 e. The molecule has 1 aromatic heterocycles. The fourth-order valence-corrected chi connectivity index (χ4v) is 2.02. The van der Waals surface area contributed by atoms with E-state index in [1.807, 2.05) is 25.2 Å². The number of nitrogens with one attached hydrogen (secondary N) is 1. The number of alkyl halides is 1. The van der Waals surface area contributed by atoms with Gasteiger partial charge in [0.2, 0.25) is 0 Å². The molecule has 0 aliphatic rings. The third-order valence-electron chi connectivity index (χ3n) is 2.73. The molecule has 0 unspecified atom stereocenters. The Kier molecular flexibility index (Phi) is 3.86. The van der Waals surface area contributed by atoms with Crippen LogP contribution in [0.15, 0.2) is 27.4 Å². The Labute approximate surface area is 104 Å². The Morgan fingerprint density at radius 3 is 3.00 bits per heavy atom. The predicted octanol–water partition coefficient (Wildman–Crippen LogP) is 1.83. The molecule has 0 bridgehead atoms. The number of benzene rings is 1. The van der Waals surface area contributed by atoms with Gasteiger partial charge in [-0.25, -0.2) is 4.79 Å². The summed E-state index contributed by atoms with van der Waals surface area (Å²) < 4.78 is 4.95. The number of aromatic amines is 1. The van der Waals surface area contributed by atoms with Crippen molar-refractivity contribution in [2.24, 2.45) is 0 Å². The molecule has 1 N–H and O–H groups in total. The molecule has 17 heavy (non-hydrogen) atoms. The van der Waals surface area contributed by atoms with Crippen molar-refractivity contribution in [3.05, 3.63) is 34.3 Å². The molecule has 1 aromatic carbocycles. The van der Waals surface area contributed by atoms with Crippen LogP contribution in [-0.4, -0.2) is 35.9 Å². The third kappa shape index (κ3) is 3.11. The van der Waals surface area contributed by atoms with E-state index in [0.29, 0.717) is 11.5 Å². The summed E-state index contributed by atoms with van der Waals surface area (Å²) in [6.07, 6.45) is 0.927. The van der Waals surface area contributed by atoms with Crippen molar-refractivity contribution >= 4 is 22.7 Å². The minimum atomic E-state index is -0.406. The van der Waals surface area contributed by atoms with Crippen molar-refractivity contribution in [2.75, 3.05) is 26.0 Å². The Morgan fingerprint density at radius 2 is 2.24 bits per heavy atom. The molecule has 0 aliphatic carbocycles. The molecule has 0 aliphatic heterocycles. The van der Waals surface area contributed by atoms with Gasteiger partial charge in [-0.3, -0.25) is 4.98 Å². The summed E-state index contributed by atoms with van der Waals surface area (Å²) in [5.74, 6) is 0.237. The number of fused-ring (bicyclic) bond motifs is 1. The fraction of sp³-hybridized carbons (Fsp3) is 0.417. The number of hydrogen-bond donors (Lipinski definition) is 1. The zero-order valence-corrected chi connectivity index (χ0v) is 10.5. The lowest BCUT2D eigenvalue weighted by atomic mass is 10.1. The Hall–Kier alpha value is -1.26. The van der Waals surface area contributed by atoms with Gasteiger partial charge >= 0.3 is 5.76 Å². The molecule has 4 nitrogen and oxygen atoms in total. The van der Waals surface area contributed by atoms with E-state index < -0.39 is 5.76 Å². The third-order valence-corrected chi connectivity index (χ3v) is 2.90. The minimum absolute atomic E-state index is 0.406. The summed E-state index contributed by atoms with van der Waals surface area (Å²) in [6, 6.07) is 5.76. The molecule has 5 heteroatoms.